The minimum atomic E-state index is -0.661. The van der Waals surface area contributed by atoms with E-state index in [9.17, 15) is 4.79 Å². The highest BCUT2D eigenvalue weighted by atomic mass is 16.2. The molecule has 0 aliphatic carbocycles. The van der Waals surface area contributed by atoms with Crippen LogP contribution in [0.1, 0.15) is 24.1 Å². The van der Waals surface area contributed by atoms with Gasteiger partial charge in [-0.2, -0.15) is 0 Å². The molecule has 3 rings (SSSR count). The maximum absolute atomic E-state index is 12.3. The highest BCUT2D eigenvalue weighted by Gasteiger charge is 2.17. The second-order valence-electron chi connectivity index (χ2n) is 6.78. The lowest BCUT2D eigenvalue weighted by Crippen LogP contribution is -2.45. The van der Waals surface area contributed by atoms with Crippen molar-refractivity contribution in [1.29, 1.82) is 0 Å². The summed E-state index contributed by atoms with van der Waals surface area (Å²) in [4.78, 5) is 17.3. The van der Waals surface area contributed by atoms with Gasteiger partial charge in [0, 0.05) is 38.4 Å². The molecule has 0 aromatic heterocycles. The summed E-state index contributed by atoms with van der Waals surface area (Å²) in [5.74, 6) is -0.195. The molecular formula is C21H28N4O. The van der Waals surface area contributed by atoms with Crippen LogP contribution in [0.4, 0.5) is 5.69 Å². The second kappa shape index (κ2) is 8.94. The molecule has 0 spiro atoms. The molecule has 2 aromatic carbocycles. The van der Waals surface area contributed by atoms with Gasteiger partial charge in [-0.05, 0) is 29.8 Å². The Bertz CT molecular complexity index is 694. The Balaban J connectivity index is 1.52. The third kappa shape index (κ3) is 4.91. The maximum atomic E-state index is 12.3. The van der Waals surface area contributed by atoms with Gasteiger partial charge in [-0.1, -0.05) is 49.4 Å². The van der Waals surface area contributed by atoms with E-state index in [0.717, 1.165) is 50.5 Å². The largest absolute Gasteiger partial charge is 0.324 e. The first kappa shape index (κ1) is 18.6. The van der Waals surface area contributed by atoms with E-state index in [-0.39, 0.29) is 5.91 Å². The fraction of sp³-hybridized carbons (Fsp3) is 0.381. The van der Waals surface area contributed by atoms with E-state index in [4.69, 9.17) is 5.73 Å². The number of nitrogens with one attached hydrogen (secondary N) is 1. The van der Waals surface area contributed by atoms with Crippen LogP contribution >= 0.6 is 0 Å². The van der Waals surface area contributed by atoms with E-state index in [2.05, 4.69) is 34.2 Å². The Morgan fingerprint density at radius 1 is 1.00 bits per heavy atom. The molecule has 138 valence electrons. The Morgan fingerprint density at radius 3 is 2.23 bits per heavy atom. The smallest absolute Gasteiger partial charge is 0.245 e. The summed E-state index contributed by atoms with van der Waals surface area (Å²) >= 11 is 0. The van der Waals surface area contributed by atoms with Crippen LogP contribution < -0.4 is 11.1 Å². The monoisotopic (exact) mass is 352 g/mol. The standard InChI is InChI=1S/C21H28N4O/c1-2-24-12-14-25(15-13-24)16-17-8-10-19(11-9-17)23-21(26)20(22)18-6-4-3-5-7-18/h3-11,20H,2,12-16,22H2,1H3,(H,23,26). The average Bonchev–Trinajstić information content (AvgIpc) is 2.70. The van der Waals surface area contributed by atoms with Crippen molar-refractivity contribution < 1.29 is 4.79 Å². The number of hydrogen-bond donors (Lipinski definition) is 2. The third-order valence-electron chi connectivity index (χ3n) is 4.98. The van der Waals surface area contributed by atoms with Crippen molar-refractivity contribution in [2.45, 2.75) is 19.5 Å². The molecule has 2 aromatic rings. The molecule has 26 heavy (non-hydrogen) atoms. The summed E-state index contributed by atoms with van der Waals surface area (Å²) in [6.45, 7) is 8.80. The van der Waals surface area contributed by atoms with Crippen LogP contribution in [0, 0.1) is 0 Å². The SMILES string of the molecule is CCN1CCN(Cc2ccc(NC(=O)C(N)c3ccccc3)cc2)CC1. The van der Waals surface area contributed by atoms with Crippen LogP contribution in [0.2, 0.25) is 0 Å². The number of carbonyl (C=O) groups is 1. The van der Waals surface area contributed by atoms with Crippen molar-refractivity contribution in [1.82, 2.24) is 9.80 Å². The zero-order valence-corrected chi connectivity index (χ0v) is 15.4. The number of amides is 1. The molecular weight excluding hydrogens is 324 g/mol. The summed E-state index contributed by atoms with van der Waals surface area (Å²) in [6.07, 6.45) is 0. The summed E-state index contributed by atoms with van der Waals surface area (Å²) in [7, 11) is 0. The number of likely N-dealkylation sites (N-methyl/N-ethyl adjacent to an activating group) is 1. The molecule has 0 radical (unpaired) electrons. The predicted octanol–water partition coefficient (Wildman–Crippen LogP) is 2.46. The molecule has 1 aliphatic rings. The number of hydrogen-bond acceptors (Lipinski definition) is 4. The molecule has 0 bridgehead atoms. The highest BCUT2D eigenvalue weighted by molar-refractivity contribution is 5.95. The molecule has 1 saturated heterocycles. The predicted molar refractivity (Wildman–Crippen MR) is 106 cm³/mol. The van der Waals surface area contributed by atoms with Crippen LogP contribution in [0.15, 0.2) is 54.6 Å². The number of anilines is 1. The molecule has 1 aliphatic heterocycles. The fourth-order valence-corrected chi connectivity index (χ4v) is 3.25. The number of rotatable bonds is 6. The number of benzene rings is 2. The van der Waals surface area contributed by atoms with Gasteiger partial charge in [0.25, 0.3) is 0 Å². The van der Waals surface area contributed by atoms with Gasteiger partial charge in [0.15, 0.2) is 0 Å². The maximum Gasteiger partial charge on any atom is 0.245 e. The van der Waals surface area contributed by atoms with Gasteiger partial charge >= 0.3 is 0 Å². The van der Waals surface area contributed by atoms with Crippen LogP contribution in [-0.4, -0.2) is 48.4 Å². The zero-order chi connectivity index (χ0) is 18.4. The average molecular weight is 352 g/mol. The quantitative estimate of drug-likeness (QED) is 0.838. The molecule has 1 unspecified atom stereocenters. The molecule has 1 heterocycles. The third-order valence-corrected chi connectivity index (χ3v) is 4.98. The van der Waals surface area contributed by atoms with Crippen molar-refractivity contribution in [3.63, 3.8) is 0 Å². The van der Waals surface area contributed by atoms with Crippen molar-refractivity contribution in [2.24, 2.45) is 5.73 Å². The van der Waals surface area contributed by atoms with Gasteiger partial charge in [0.1, 0.15) is 6.04 Å². The number of carbonyl (C=O) groups excluding carboxylic acids is 1. The van der Waals surface area contributed by atoms with E-state index >= 15 is 0 Å². The van der Waals surface area contributed by atoms with E-state index in [1.165, 1.54) is 5.56 Å². The van der Waals surface area contributed by atoms with Crippen molar-refractivity contribution in [3.05, 3.63) is 65.7 Å². The fourth-order valence-electron chi connectivity index (χ4n) is 3.25. The summed E-state index contributed by atoms with van der Waals surface area (Å²) in [5, 5.41) is 2.90. The summed E-state index contributed by atoms with van der Waals surface area (Å²) < 4.78 is 0. The van der Waals surface area contributed by atoms with Crippen LogP contribution in [-0.2, 0) is 11.3 Å². The minimum absolute atomic E-state index is 0.195. The molecule has 3 N–H and O–H groups in total. The lowest BCUT2D eigenvalue weighted by molar-refractivity contribution is -0.117. The van der Waals surface area contributed by atoms with Gasteiger partial charge in [0.05, 0.1) is 0 Å². The number of nitrogens with two attached hydrogens (primary N) is 1. The van der Waals surface area contributed by atoms with E-state index < -0.39 is 6.04 Å². The highest BCUT2D eigenvalue weighted by Crippen LogP contribution is 2.16. The first-order chi connectivity index (χ1) is 12.7. The normalized spacial score (nSPS) is 17.0. The van der Waals surface area contributed by atoms with E-state index in [1.54, 1.807) is 0 Å². The number of nitrogens with zero attached hydrogens (tertiary/aromatic N) is 2. The molecule has 5 nitrogen and oxygen atoms in total. The van der Waals surface area contributed by atoms with Crippen LogP contribution in [0.25, 0.3) is 0 Å². The van der Waals surface area contributed by atoms with E-state index in [1.807, 2.05) is 42.5 Å². The molecule has 0 saturated carbocycles. The molecule has 1 atom stereocenters. The van der Waals surface area contributed by atoms with Crippen LogP contribution in [0.3, 0.4) is 0 Å². The Labute approximate surface area is 155 Å². The molecule has 1 amide bonds. The summed E-state index contributed by atoms with van der Waals surface area (Å²) in [5.41, 5.74) is 8.90. The van der Waals surface area contributed by atoms with Gasteiger partial charge in [-0.15, -0.1) is 0 Å². The molecule has 1 fully saturated rings. The Morgan fingerprint density at radius 2 is 1.62 bits per heavy atom. The second-order valence-corrected chi connectivity index (χ2v) is 6.78. The van der Waals surface area contributed by atoms with Crippen molar-refractivity contribution in [3.8, 4) is 0 Å². The Kier molecular flexibility index (Phi) is 6.39. The lowest BCUT2D eigenvalue weighted by atomic mass is 10.1. The first-order valence-corrected chi connectivity index (χ1v) is 9.30. The van der Waals surface area contributed by atoms with Gasteiger partial charge < -0.3 is 16.0 Å². The van der Waals surface area contributed by atoms with Gasteiger partial charge in [0.2, 0.25) is 5.91 Å². The topological polar surface area (TPSA) is 61.6 Å². The number of piperazine rings is 1. The zero-order valence-electron chi connectivity index (χ0n) is 15.4. The van der Waals surface area contributed by atoms with E-state index in [0.29, 0.717) is 0 Å². The van der Waals surface area contributed by atoms with Crippen molar-refractivity contribution in [2.75, 3.05) is 38.0 Å². The molecule has 5 heteroatoms. The van der Waals surface area contributed by atoms with Gasteiger partial charge in [-0.3, -0.25) is 9.69 Å². The lowest BCUT2D eigenvalue weighted by Gasteiger charge is -2.34. The first-order valence-electron chi connectivity index (χ1n) is 9.30. The summed E-state index contributed by atoms with van der Waals surface area (Å²) in [6, 6.07) is 16.8. The van der Waals surface area contributed by atoms with Gasteiger partial charge in [-0.25, -0.2) is 0 Å². The van der Waals surface area contributed by atoms with Crippen LogP contribution in [0.5, 0.6) is 0 Å². The minimum Gasteiger partial charge on any atom is -0.324 e. The van der Waals surface area contributed by atoms with Crippen molar-refractivity contribution >= 4 is 11.6 Å². The Hall–Kier alpha value is -2.21.